The van der Waals surface area contributed by atoms with Crippen LogP contribution in [-0.4, -0.2) is 23.9 Å². The fourth-order valence-corrected chi connectivity index (χ4v) is 3.25. The summed E-state index contributed by atoms with van der Waals surface area (Å²) >= 11 is 0. The molecule has 0 aromatic rings. The van der Waals surface area contributed by atoms with E-state index in [1.807, 2.05) is 4.90 Å². The first-order chi connectivity index (χ1) is 6.65. The van der Waals surface area contributed by atoms with Crippen LogP contribution in [0.4, 0.5) is 0 Å². The summed E-state index contributed by atoms with van der Waals surface area (Å²) in [7, 11) is 0. The van der Waals surface area contributed by atoms with Gasteiger partial charge in [0, 0.05) is 20.0 Å². The third-order valence-electron chi connectivity index (χ3n) is 4.27. The number of hydrogen-bond acceptors (Lipinski definition) is 1. The van der Waals surface area contributed by atoms with Crippen molar-refractivity contribution in [3.63, 3.8) is 0 Å². The molecule has 2 unspecified atom stereocenters. The smallest absolute Gasteiger partial charge is 0.219 e. The number of nitrogens with zero attached hydrogens (tertiary/aromatic N) is 1. The van der Waals surface area contributed by atoms with E-state index >= 15 is 0 Å². The number of carbonyl (C=O) groups is 1. The number of amides is 1. The number of carbonyl (C=O) groups excluding carboxylic acids is 1. The molecule has 1 amide bonds. The molecule has 2 fully saturated rings. The van der Waals surface area contributed by atoms with Crippen molar-refractivity contribution in [1.29, 1.82) is 0 Å². The highest BCUT2D eigenvalue weighted by Crippen LogP contribution is 2.48. The maximum absolute atomic E-state index is 11.3. The monoisotopic (exact) mass is 195 g/mol. The van der Waals surface area contributed by atoms with Gasteiger partial charge in [0.2, 0.25) is 5.91 Å². The van der Waals surface area contributed by atoms with E-state index in [4.69, 9.17) is 0 Å². The molecule has 0 aromatic heterocycles. The van der Waals surface area contributed by atoms with Gasteiger partial charge in [-0.3, -0.25) is 4.79 Å². The Balaban J connectivity index is 1.97. The third kappa shape index (κ3) is 1.67. The lowest BCUT2D eigenvalue weighted by atomic mass is 9.84. The Kier molecular flexibility index (Phi) is 2.54. The molecule has 1 spiro atoms. The van der Waals surface area contributed by atoms with Crippen molar-refractivity contribution >= 4 is 5.91 Å². The number of likely N-dealkylation sites (tertiary alicyclic amines) is 1. The first kappa shape index (κ1) is 10.0. The Morgan fingerprint density at radius 1 is 1.50 bits per heavy atom. The first-order valence-corrected chi connectivity index (χ1v) is 5.91. The van der Waals surface area contributed by atoms with Gasteiger partial charge in [0.25, 0.3) is 0 Å². The average molecular weight is 195 g/mol. The summed E-state index contributed by atoms with van der Waals surface area (Å²) < 4.78 is 0. The fraction of sp³-hybridized carbons (Fsp3) is 0.917. The predicted molar refractivity (Wildman–Crippen MR) is 56.9 cm³/mol. The van der Waals surface area contributed by atoms with Crippen LogP contribution in [-0.2, 0) is 4.79 Å². The highest BCUT2D eigenvalue weighted by Gasteiger charge is 2.43. The summed E-state index contributed by atoms with van der Waals surface area (Å²) in [6, 6.07) is 0. The van der Waals surface area contributed by atoms with Crippen molar-refractivity contribution in [1.82, 2.24) is 4.90 Å². The van der Waals surface area contributed by atoms with Gasteiger partial charge >= 0.3 is 0 Å². The normalized spacial score (nSPS) is 37.0. The van der Waals surface area contributed by atoms with Crippen LogP contribution in [0.1, 0.15) is 46.0 Å². The maximum Gasteiger partial charge on any atom is 0.219 e. The number of rotatable bonds is 1. The molecule has 0 N–H and O–H groups in total. The van der Waals surface area contributed by atoms with Gasteiger partial charge in [0.05, 0.1) is 0 Å². The Labute approximate surface area is 86.7 Å². The van der Waals surface area contributed by atoms with Crippen molar-refractivity contribution < 1.29 is 4.79 Å². The van der Waals surface area contributed by atoms with Crippen LogP contribution in [0.3, 0.4) is 0 Å². The third-order valence-corrected chi connectivity index (χ3v) is 4.27. The fourth-order valence-electron chi connectivity index (χ4n) is 3.25. The Hall–Kier alpha value is -0.530. The van der Waals surface area contributed by atoms with E-state index in [0.29, 0.717) is 5.41 Å². The maximum atomic E-state index is 11.3. The highest BCUT2D eigenvalue weighted by molar-refractivity contribution is 5.73. The quantitative estimate of drug-likeness (QED) is 0.629. The molecule has 1 aliphatic heterocycles. The Bertz CT molecular complexity index is 238. The van der Waals surface area contributed by atoms with E-state index in [-0.39, 0.29) is 5.91 Å². The van der Waals surface area contributed by atoms with E-state index < -0.39 is 0 Å². The van der Waals surface area contributed by atoms with Gasteiger partial charge in [0.1, 0.15) is 0 Å². The second-order valence-electron chi connectivity index (χ2n) is 5.21. The summed E-state index contributed by atoms with van der Waals surface area (Å²) in [5.74, 6) is 1.20. The van der Waals surface area contributed by atoms with Gasteiger partial charge in [-0.05, 0) is 37.0 Å². The van der Waals surface area contributed by atoms with E-state index in [0.717, 1.165) is 19.0 Å². The van der Waals surface area contributed by atoms with Crippen molar-refractivity contribution in [3.8, 4) is 0 Å². The Morgan fingerprint density at radius 2 is 2.29 bits per heavy atom. The van der Waals surface area contributed by atoms with Gasteiger partial charge < -0.3 is 4.90 Å². The molecule has 1 heterocycles. The molecule has 0 aromatic carbocycles. The van der Waals surface area contributed by atoms with Crippen molar-refractivity contribution in [3.05, 3.63) is 0 Å². The van der Waals surface area contributed by atoms with Crippen LogP contribution in [0.5, 0.6) is 0 Å². The molecule has 14 heavy (non-hydrogen) atoms. The van der Waals surface area contributed by atoms with Crippen LogP contribution in [0.2, 0.25) is 0 Å². The van der Waals surface area contributed by atoms with Crippen LogP contribution in [0.15, 0.2) is 0 Å². The van der Waals surface area contributed by atoms with Crippen molar-refractivity contribution in [2.75, 3.05) is 13.1 Å². The average Bonchev–Trinajstić information content (AvgIpc) is 2.74. The van der Waals surface area contributed by atoms with Crippen LogP contribution in [0, 0.1) is 11.3 Å². The summed E-state index contributed by atoms with van der Waals surface area (Å²) in [6.45, 7) is 6.04. The largest absolute Gasteiger partial charge is 0.342 e. The molecule has 2 aliphatic rings. The van der Waals surface area contributed by atoms with E-state index in [9.17, 15) is 4.79 Å². The van der Waals surface area contributed by atoms with Crippen LogP contribution >= 0.6 is 0 Å². The summed E-state index contributed by atoms with van der Waals surface area (Å²) in [5.41, 5.74) is 0.520. The predicted octanol–water partition coefficient (Wildman–Crippen LogP) is 2.44. The van der Waals surface area contributed by atoms with Crippen LogP contribution < -0.4 is 0 Å². The second-order valence-corrected chi connectivity index (χ2v) is 5.21. The SMILES string of the molecule is CCC1CCC2(CCN(C(C)=O)C2)C1. The molecule has 1 saturated carbocycles. The lowest BCUT2D eigenvalue weighted by Crippen LogP contribution is -2.29. The molecule has 2 atom stereocenters. The molecule has 80 valence electrons. The van der Waals surface area contributed by atoms with Crippen LogP contribution in [0.25, 0.3) is 0 Å². The lowest BCUT2D eigenvalue weighted by Gasteiger charge is -2.23. The van der Waals surface area contributed by atoms with E-state index in [1.54, 1.807) is 6.92 Å². The molecule has 0 radical (unpaired) electrons. The molecular weight excluding hydrogens is 174 g/mol. The first-order valence-electron chi connectivity index (χ1n) is 5.91. The standard InChI is InChI=1S/C12H21NO/c1-3-11-4-5-12(8-11)6-7-13(9-12)10(2)14/h11H,3-9H2,1-2H3. The minimum absolute atomic E-state index is 0.266. The van der Waals surface area contributed by atoms with Gasteiger partial charge in [0.15, 0.2) is 0 Å². The van der Waals surface area contributed by atoms with Gasteiger partial charge in [-0.25, -0.2) is 0 Å². The molecule has 1 aliphatic carbocycles. The summed E-state index contributed by atoms with van der Waals surface area (Å²) in [4.78, 5) is 13.3. The molecule has 2 rings (SSSR count). The van der Waals surface area contributed by atoms with Gasteiger partial charge in [-0.15, -0.1) is 0 Å². The molecular formula is C12H21NO. The minimum Gasteiger partial charge on any atom is -0.342 e. The zero-order valence-electron chi connectivity index (χ0n) is 9.38. The van der Waals surface area contributed by atoms with E-state index in [2.05, 4.69) is 6.92 Å². The van der Waals surface area contributed by atoms with Crippen molar-refractivity contribution in [2.24, 2.45) is 11.3 Å². The van der Waals surface area contributed by atoms with Crippen molar-refractivity contribution in [2.45, 2.75) is 46.0 Å². The zero-order valence-corrected chi connectivity index (χ0v) is 9.38. The molecule has 2 nitrogen and oxygen atoms in total. The lowest BCUT2D eigenvalue weighted by molar-refractivity contribution is -0.128. The summed E-state index contributed by atoms with van der Waals surface area (Å²) in [6.07, 6.45) is 6.69. The number of hydrogen-bond donors (Lipinski definition) is 0. The molecule has 2 heteroatoms. The highest BCUT2D eigenvalue weighted by atomic mass is 16.2. The molecule has 1 saturated heterocycles. The zero-order chi connectivity index (χ0) is 10.2. The second kappa shape index (κ2) is 3.56. The molecule has 0 bridgehead atoms. The van der Waals surface area contributed by atoms with Gasteiger partial charge in [-0.2, -0.15) is 0 Å². The minimum atomic E-state index is 0.266. The topological polar surface area (TPSA) is 20.3 Å². The van der Waals surface area contributed by atoms with E-state index in [1.165, 1.54) is 32.1 Å². The summed E-state index contributed by atoms with van der Waals surface area (Å²) in [5, 5.41) is 0. The van der Waals surface area contributed by atoms with Gasteiger partial charge in [-0.1, -0.05) is 13.3 Å². The Morgan fingerprint density at radius 3 is 2.79 bits per heavy atom.